The normalized spacial score (nSPS) is 14.3. The number of amides is 1. The van der Waals surface area contributed by atoms with E-state index in [-0.39, 0.29) is 11.9 Å². The molecule has 1 aliphatic heterocycles. The lowest BCUT2D eigenvalue weighted by Gasteiger charge is -2.21. The second-order valence-electron chi connectivity index (χ2n) is 4.17. The smallest absolute Gasteiger partial charge is 0.309 e. The molecule has 0 N–H and O–H groups in total. The van der Waals surface area contributed by atoms with Gasteiger partial charge in [-0.25, -0.2) is 0 Å². The van der Waals surface area contributed by atoms with Gasteiger partial charge in [0.2, 0.25) is 5.91 Å². The molecule has 0 aliphatic carbocycles. The monoisotopic (exact) mass is 361 g/mol. The van der Waals surface area contributed by atoms with Crippen molar-refractivity contribution in [1.29, 1.82) is 0 Å². The summed E-state index contributed by atoms with van der Waals surface area (Å²) in [6.45, 7) is 4.02. The molecule has 0 saturated heterocycles. The third-order valence-electron chi connectivity index (χ3n) is 2.47. The Bertz CT molecular complexity index is 521. The molecule has 1 heterocycles. The Morgan fingerprint density at radius 1 is 1.26 bits per heavy atom. The number of carbonyl (C=O) groups is 1. The summed E-state index contributed by atoms with van der Waals surface area (Å²) in [4.78, 5) is 13.5. The molecule has 8 heteroatoms. The summed E-state index contributed by atoms with van der Waals surface area (Å²) < 4.78 is 9.51. The number of rotatable bonds is 1. The van der Waals surface area contributed by atoms with Gasteiger partial charge in [0.15, 0.2) is 0 Å². The highest BCUT2D eigenvalue weighted by molar-refractivity contribution is 8.24. The van der Waals surface area contributed by atoms with Crippen LogP contribution in [-0.4, -0.2) is 11.9 Å². The van der Waals surface area contributed by atoms with Gasteiger partial charge in [0.1, 0.15) is 0 Å². The van der Waals surface area contributed by atoms with Crippen LogP contribution in [0.1, 0.15) is 19.4 Å². The highest BCUT2D eigenvalue weighted by atomic mass is 36.0. The number of fused-ring (bicyclic) bond motifs is 1. The molecule has 1 aromatic rings. The van der Waals surface area contributed by atoms with Crippen molar-refractivity contribution < 1.29 is 9.36 Å². The van der Waals surface area contributed by atoms with Crippen molar-refractivity contribution in [2.75, 3.05) is 4.90 Å². The lowest BCUT2D eigenvalue weighted by Crippen LogP contribution is -2.33. The first kappa shape index (κ1) is 17.1. The van der Waals surface area contributed by atoms with E-state index < -0.39 is 5.20 Å². The Morgan fingerprint density at radius 2 is 1.79 bits per heavy atom. The number of anilines is 1. The summed E-state index contributed by atoms with van der Waals surface area (Å²) in [5.41, 5.74) is 1.94. The van der Waals surface area contributed by atoms with Gasteiger partial charge in [-0.1, -0.05) is 17.7 Å². The first-order valence-electron chi connectivity index (χ1n) is 5.39. The number of hydrogen-bond donors (Lipinski definition) is 0. The minimum Gasteiger partial charge on any atom is -0.309 e. The molecule has 19 heavy (non-hydrogen) atoms. The maximum Gasteiger partial charge on any atom is 0.339 e. The van der Waals surface area contributed by atoms with Crippen LogP contribution in [0, 0.1) is 0 Å². The molecule has 0 aromatic heterocycles. The van der Waals surface area contributed by atoms with Gasteiger partial charge < -0.3 is 4.90 Å². The first-order valence-corrected chi connectivity index (χ1v) is 10.2. The molecular weight excluding hydrogens is 351 g/mol. The largest absolute Gasteiger partial charge is 0.339 e. The number of halogens is 4. The number of hydrogen-bond acceptors (Lipinski definition) is 2. The maximum absolute atomic E-state index is 11.7. The van der Waals surface area contributed by atoms with Crippen LogP contribution in [0.2, 0.25) is 5.02 Å². The fraction of sp³-hybridized carbons (Fsp3) is 0.364. The number of benzene rings is 1. The van der Waals surface area contributed by atoms with Crippen LogP contribution in [0.15, 0.2) is 18.2 Å². The van der Waals surface area contributed by atoms with Crippen LogP contribution in [0.3, 0.4) is 0 Å². The quantitative estimate of drug-likeness (QED) is 0.623. The predicted octanol–water partition coefficient (Wildman–Crippen LogP) is 5.45. The topological polar surface area (TPSA) is 37.4 Å². The van der Waals surface area contributed by atoms with Gasteiger partial charge in [0.25, 0.3) is 0 Å². The van der Waals surface area contributed by atoms with Gasteiger partial charge in [0.05, 0.1) is 6.42 Å². The van der Waals surface area contributed by atoms with E-state index in [0.29, 0.717) is 11.4 Å². The molecule has 2 rings (SSSR count). The summed E-state index contributed by atoms with van der Waals surface area (Å²) in [7, 11) is 0. The van der Waals surface area contributed by atoms with Crippen molar-refractivity contribution in [3.63, 3.8) is 0 Å². The molecule has 0 atom stereocenters. The highest BCUT2D eigenvalue weighted by Gasteiger charge is 2.30. The second kappa shape index (κ2) is 6.69. The SMILES string of the molecule is CC(C)N1C(=O)Cc2c(Cl)cccc21.O=P(Cl)(Cl)Cl. The average Bonchev–Trinajstić information content (AvgIpc) is 2.53. The minimum atomic E-state index is -3.22. The third-order valence-corrected chi connectivity index (χ3v) is 2.82. The fourth-order valence-corrected chi connectivity index (χ4v) is 2.12. The fourth-order valence-electron chi connectivity index (χ4n) is 1.88. The summed E-state index contributed by atoms with van der Waals surface area (Å²) in [6.07, 6.45) is 0.438. The Hall–Kier alpha value is 0.0800. The molecule has 1 aliphatic rings. The summed E-state index contributed by atoms with van der Waals surface area (Å²) in [6, 6.07) is 5.86. The van der Waals surface area contributed by atoms with E-state index in [1.807, 2.05) is 32.0 Å². The van der Waals surface area contributed by atoms with Crippen LogP contribution >= 0.6 is 50.5 Å². The second-order valence-corrected chi connectivity index (χ2v) is 11.2. The van der Waals surface area contributed by atoms with Crippen molar-refractivity contribution in [1.82, 2.24) is 0 Å². The molecule has 0 fully saturated rings. The van der Waals surface area contributed by atoms with Crippen molar-refractivity contribution in [2.24, 2.45) is 0 Å². The molecule has 0 bridgehead atoms. The Morgan fingerprint density at radius 3 is 2.26 bits per heavy atom. The van der Waals surface area contributed by atoms with E-state index >= 15 is 0 Å². The van der Waals surface area contributed by atoms with Gasteiger partial charge in [-0.05, 0) is 59.7 Å². The maximum atomic E-state index is 11.7. The van der Waals surface area contributed by atoms with Crippen molar-refractivity contribution >= 4 is 62.1 Å². The molecular formula is C11H12Cl4NO2P. The minimum absolute atomic E-state index is 0.142. The zero-order chi connectivity index (χ0) is 14.8. The van der Waals surface area contributed by atoms with Crippen LogP contribution in [0.25, 0.3) is 0 Å². The molecule has 106 valence electrons. The molecule has 0 unspecified atom stereocenters. The highest BCUT2D eigenvalue weighted by Crippen LogP contribution is 2.61. The van der Waals surface area contributed by atoms with Crippen molar-refractivity contribution in [2.45, 2.75) is 26.3 Å². The van der Waals surface area contributed by atoms with E-state index in [4.69, 9.17) is 11.6 Å². The van der Waals surface area contributed by atoms with Gasteiger partial charge >= 0.3 is 5.20 Å². The van der Waals surface area contributed by atoms with Crippen molar-refractivity contribution in [3.05, 3.63) is 28.8 Å². The van der Waals surface area contributed by atoms with Crippen molar-refractivity contribution in [3.8, 4) is 0 Å². The predicted molar refractivity (Wildman–Crippen MR) is 82.9 cm³/mol. The van der Waals surface area contributed by atoms with E-state index in [1.165, 1.54) is 0 Å². The number of nitrogens with zero attached hydrogens (tertiary/aromatic N) is 1. The van der Waals surface area contributed by atoms with Crippen LogP contribution in [0.5, 0.6) is 0 Å². The van der Waals surface area contributed by atoms with E-state index in [9.17, 15) is 9.36 Å². The summed E-state index contributed by atoms with van der Waals surface area (Å²) in [5.74, 6) is 0.142. The van der Waals surface area contributed by atoms with Gasteiger partial charge in [0, 0.05) is 22.3 Å². The standard InChI is InChI=1S/C11H12ClNO.Cl3OP/c1-7(2)13-10-5-3-4-9(12)8(10)6-11(13)14;1-5(2,3)4/h3-5,7H,6H2,1-2H3;. The molecule has 0 spiro atoms. The first-order chi connectivity index (χ1) is 8.61. The molecule has 0 saturated carbocycles. The third kappa shape index (κ3) is 5.17. The van der Waals surface area contributed by atoms with Gasteiger partial charge in [-0.15, -0.1) is 0 Å². The van der Waals surface area contributed by atoms with Gasteiger partial charge in [-0.2, -0.15) is 0 Å². The van der Waals surface area contributed by atoms with E-state index in [2.05, 4.69) is 33.7 Å². The van der Waals surface area contributed by atoms with Crippen LogP contribution in [-0.2, 0) is 15.8 Å². The lowest BCUT2D eigenvalue weighted by atomic mass is 10.1. The molecule has 3 nitrogen and oxygen atoms in total. The van der Waals surface area contributed by atoms with E-state index in [1.54, 1.807) is 4.90 Å². The Labute approximate surface area is 131 Å². The number of carbonyl (C=O) groups excluding carboxylic acids is 1. The Balaban J connectivity index is 0.000000312. The molecule has 0 radical (unpaired) electrons. The lowest BCUT2D eigenvalue weighted by molar-refractivity contribution is -0.117. The van der Waals surface area contributed by atoms with E-state index in [0.717, 1.165) is 11.3 Å². The summed E-state index contributed by atoms with van der Waals surface area (Å²) in [5, 5.41) is -2.53. The molecule has 1 amide bonds. The average molecular weight is 363 g/mol. The van der Waals surface area contributed by atoms with Crippen LogP contribution < -0.4 is 4.90 Å². The van der Waals surface area contributed by atoms with Gasteiger partial charge in [-0.3, -0.25) is 9.36 Å². The summed E-state index contributed by atoms with van der Waals surface area (Å²) >= 11 is 19.9. The zero-order valence-corrected chi connectivity index (χ0v) is 14.2. The van der Waals surface area contributed by atoms with Crippen LogP contribution in [0.4, 0.5) is 5.69 Å². The Kier molecular flexibility index (Phi) is 6.03. The molecule has 1 aromatic carbocycles. The zero-order valence-electron chi connectivity index (χ0n) is 10.2.